The Balaban J connectivity index is 2.74. The zero-order valence-electron chi connectivity index (χ0n) is 10.2. The van der Waals surface area contributed by atoms with Gasteiger partial charge in [0.15, 0.2) is 0 Å². The van der Waals surface area contributed by atoms with Gasteiger partial charge in [-0.05, 0) is 36.6 Å². The van der Waals surface area contributed by atoms with Crippen LogP contribution in [-0.2, 0) is 0 Å². The van der Waals surface area contributed by atoms with Crippen LogP contribution in [0.5, 0.6) is 0 Å². The van der Waals surface area contributed by atoms with E-state index in [0.29, 0.717) is 0 Å². The van der Waals surface area contributed by atoms with Crippen molar-refractivity contribution in [3.8, 4) is 0 Å². The Morgan fingerprint density at radius 3 is 2.50 bits per heavy atom. The highest BCUT2D eigenvalue weighted by Crippen LogP contribution is 2.65. The molecule has 2 rings (SSSR count). The number of hydrogen-bond donors (Lipinski definition) is 0. The average Bonchev–Trinajstić information content (AvgIpc) is 2.49. The Morgan fingerprint density at radius 1 is 1.19 bits per heavy atom. The van der Waals surface area contributed by atoms with E-state index in [4.69, 9.17) is 0 Å². The van der Waals surface area contributed by atoms with Crippen molar-refractivity contribution in [2.75, 3.05) is 12.5 Å². The minimum absolute atomic E-state index is 0.848. The number of fused-ring (bicyclic) bond motifs is 1. The van der Waals surface area contributed by atoms with Gasteiger partial charge in [0.25, 0.3) is 0 Å². The second-order valence-electron chi connectivity index (χ2n) is 4.31. The summed E-state index contributed by atoms with van der Waals surface area (Å²) in [6, 6.07) is 8.70. The molecule has 0 aromatic heterocycles. The van der Waals surface area contributed by atoms with Crippen molar-refractivity contribution in [3.05, 3.63) is 59.5 Å². The highest BCUT2D eigenvalue weighted by molar-refractivity contribution is 8.36. The van der Waals surface area contributed by atoms with Gasteiger partial charge in [-0.2, -0.15) is 10.0 Å². The molecule has 0 spiro atoms. The lowest BCUT2D eigenvalue weighted by molar-refractivity contribution is 1.41. The summed E-state index contributed by atoms with van der Waals surface area (Å²) < 4.78 is 0. The van der Waals surface area contributed by atoms with Crippen molar-refractivity contribution < 1.29 is 0 Å². The number of benzene rings is 1. The van der Waals surface area contributed by atoms with Crippen LogP contribution in [0.1, 0.15) is 12.5 Å². The lowest BCUT2D eigenvalue weighted by atomic mass is 10.1. The van der Waals surface area contributed by atoms with E-state index in [0.717, 1.165) is 0 Å². The van der Waals surface area contributed by atoms with Gasteiger partial charge in [0.2, 0.25) is 0 Å². The van der Waals surface area contributed by atoms with Crippen LogP contribution in [0.2, 0.25) is 0 Å². The van der Waals surface area contributed by atoms with Crippen molar-refractivity contribution >= 4 is 15.6 Å². The van der Waals surface area contributed by atoms with E-state index in [1.54, 1.807) is 0 Å². The van der Waals surface area contributed by atoms with Crippen LogP contribution in [0.25, 0.3) is 5.57 Å². The third-order valence-corrected chi connectivity index (χ3v) is 5.98. The Labute approximate surface area is 99.7 Å². The number of rotatable bonds is 2. The van der Waals surface area contributed by atoms with Gasteiger partial charge in [0.1, 0.15) is 0 Å². The summed E-state index contributed by atoms with van der Waals surface area (Å²) in [4.78, 5) is 2.93. The first kappa shape index (κ1) is 11.3. The summed E-state index contributed by atoms with van der Waals surface area (Å²) >= 11 is 0. The molecule has 0 N–H and O–H groups in total. The number of allylic oxidation sites excluding steroid dienone is 4. The fourth-order valence-electron chi connectivity index (χ4n) is 2.28. The lowest BCUT2D eigenvalue weighted by Crippen LogP contribution is -1.93. The van der Waals surface area contributed by atoms with E-state index < -0.39 is 10.0 Å². The standard InChI is InChI=1S/C15H18S/c1-5-9-14-12(6-2)13-10-7-8-11-15(13)16(14,3)4/h5-11H,2H2,1,3-4H3/b9-5-. The topological polar surface area (TPSA) is 0 Å². The maximum absolute atomic E-state index is 3.96. The fourth-order valence-corrected chi connectivity index (χ4v) is 4.88. The van der Waals surface area contributed by atoms with E-state index in [2.05, 4.69) is 62.4 Å². The normalized spacial score (nSPS) is 19.9. The second kappa shape index (κ2) is 3.99. The summed E-state index contributed by atoms with van der Waals surface area (Å²) in [6.07, 6.45) is 11.1. The Kier molecular flexibility index (Phi) is 2.81. The first-order chi connectivity index (χ1) is 7.62. The maximum atomic E-state index is 3.96. The van der Waals surface area contributed by atoms with E-state index in [1.165, 1.54) is 20.9 Å². The molecule has 0 aliphatic carbocycles. The smallest absolute Gasteiger partial charge is 0.00153 e. The number of hydrogen-bond acceptors (Lipinski definition) is 0. The summed E-state index contributed by atoms with van der Waals surface area (Å²) in [7, 11) is -0.848. The van der Waals surface area contributed by atoms with Crippen LogP contribution in [0.15, 0.2) is 58.9 Å². The molecule has 0 unspecified atom stereocenters. The molecule has 1 aromatic carbocycles. The van der Waals surface area contributed by atoms with Crippen molar-refractivity contribution in [3.63, 3.8) is 0 Å². The largest absolute Gasteiger partial charge is 0.192 e. The van der Waals surface area contributed by atoms with Gasteiger partial charge in [-0.15, -0.1) is 0 Å². The van der Waals surface area contributed by atoms with Gasteiger partial charge >= 0.3 is 0 Å². The molecule has 0 saturated carbocycles. The van der Waals surface area contributed by atoms with Gasteiger partial charge < -0.3 is 0 Å². The van der Waals surface area contributed by atoms with Crippen molar-refractivity contribution in [2.45, 2.75) is 11.8 Å². The highest BCUT2D eigenvalue weighted by atomic mass is 32.3. The minimum atomic E-state index is -0.848. The van der Waals surface area contributed by atoms with Gasteiger partial charge in [-0.25, -0.2) is 0 Å². The SMILES string of the molecule is C=CC1=C(/C=C\C)S(C)(C)c2ccccc21. The van der Waals surface area contributed by atoms with Gasteiger partial charge in [-0.3, -0.25) is 0 Å². The van der Waals surface area contributed by atoms with E-state index >= 15 is 0 Å². The zero-order chi connectivity index (χ0) is 11.8. The molecule has 1 heterocycles. The van der Waals surface area contributed by atoms with E-state index in [9.17, 15) is 0 Å². The van der Waals surface area contributed by atoms with Gasteiger partial charge in [0.05, 0.1) is 0 Å². The first-order valence-corrected chi connectivity index (χ1v) is 7.90. The van der Waals surface area contributed by atoms with Crippen LogP contribution in [0.4, 0.5) is 0 Å². The molecule has 0 radical (unpaired) electrons. The van der Waals surface area contributed by atoms with Crippen molar-refractivity contribution in [1.82, 2.24) is 0 Å². The molecule has 1 aliphatic rings. The predicted molar refractivity (Wildman–Crippen MR) is 76.1 cm³/mol. The van der Waals surface area contributed by atoms with E-state index in [1.807, 2.05) is 6.08 Å². The summed E-state index contributed by atoms with van der Waals surface area (Å²) in [6.45, 7) is 6.04. The summed E-state index contributed by atoms with van der Waals surface area (Å²) in [5, 5.41) is 0. The summed E-state index contributed by atoms with van der Waals surface area (Å²) in [5.74, 6) is 0. The molecule has 1 aliphatic heterocycles. The third kappa shape index (κ3) is 1.47. The fraction of sp³-hybridized carbons (Fsp3) is 0.200. The molecule has 16 heavy (non-hydrogen) atoms. The molecule has 1 heteroatoms. The predicted octanol–water partition coefficient (Wildman–Crippen LogP) is 4.60. The highest BCUT2D eigenvalue weighted by Gasteiger charge is 2.30. The Bertz CT molecular complexity index is 490. The quantitative estimate of drug-likeness (QED) is 0.696. The van der Waals surface area contributed by atoms with Gasteiger partial charge in [-0.1, -0.05) is 43.0 Å². The zero-order valence-corrected chi connectivity index (χ0v) is 11.0. The lowest BCUT2D eigenvalue weighted by Gasteiger charge is -2.29. The molecular weight excluding hydrogens is 212 g/mol. The Morgan fingerprint density at radius 2 is 1.88 bits per heavy atom. The molecule has 0 atom stereocenters. The summed E-state index contributed by atoms with van der Waals surface area (Å²) in [5.41, 5.74) is 2.68. The van der Waals surface area contributed by atoms with Crippen LogP contribution in [-0.4, -0.2) is 12.5 Å². The monoisotopic (exact) mass is 230 g/mol. The molecule has 1 aromatic rings. The molecule has 0 nitrogen and oxygen atoms in total. The van der Waals surface area contributed by atoms with Crippen LogP contribution in [0.3, 0.4) is 0 Å². The third-order valence-electron chi connectivity index (χ3n) is 3.06. The minimum Gasteiger partial charge on any atom is -0.192 e. The molecule has 0 bridgehead atoms. The Hall–Kier alpha value is -1.21. The van der Waals surface area contributed by atoms with Crippen LogP contribution < -0.4 is 0 Å². The molecule has 84 valence electrons. The second-order valence-corrected chi connectivity index (χ2v) is 7.84. The molecular formula is C15H18S. The molecule has 0 saturated heterocycles. The first-order valence-electron chi connectivity index (χ1n) is 5.45. The van der Waals surface area contributed by atoms with Gasteiger partial charge in [0, 0.05) is 9.80 Å². The van der Waals surface area contributed by atoms with Crippen molar-refractivity contribution in [2.24, 2.45) is 0 Å². The average molecular weight is 230 g/mol. The maximum Gasteiger partial charge on any atom is 0.00153 e. The van der Waals surface area contributed by atoms with E-state index in [-0.39, 0.29) is 0 Å². The van der Waals surface area contributed by atoms with Crippen LogP contribution >= 0.6 is 10.0 Å². The van der Waals surface area contributed by atoms with Crippen molar-refractivity contribution in [1.29, 1.82) is 0 Å². The molecule has 0 amide bonds. The van der Waals surface area contributed by atoms with Crippen LogP contribution in [0, 0.1) is 0 Å². The molecule has 0 fully saturated rings.